The molecular weight excluding hydrogens is 276 g/mol. The molecule has 0 saturated heterocycles. The summed E-state index contributed by atoms with van der Waals surface area (Å²) in [6, 6.07) is 7.14. The molecule has 0 aliphatic carbocycles. The number of nitro groups is 1. The van der Waals surface area contributed by atoms with E-state index in [1.54, 1.807) is 12.1 Å². The van der Waals surface area contributed by atoms with E-state index in [1.165, 1.54) is 4.68 Å². The van der Waals surface area contributed by atoms with Crippen LogP contribution in [-0.2, 0) is 0 Å². The molecule has 0 fully saturated rings. The van der Waals surface area contributed by atoms with Crippen LogP contribution in [0.25, 0.3) is 5.69 Å². The van der Waals surface area contributed by atoms with Gasteiger partial charge in [0.1, 0.15) is 6.20 Å². The molecular formula is C9H7BrN4O2. The summed E-state index contributed by atoms with van der Waals surface area (Å²) in [7, 11) is 0. The minimum Gasteiger partial charge on any atom is -0.378 e. The fourth-order valence-corrected chi connectivity index (χ4v) is 1.54. The maximum atomic E-state index is 10.6. The molecule has 0 saturated carbocycles. The Hall–Kier alpha value is -1.89. The Morgan fingerprint density at radius 3 is 2.50 bits per heavy atom. The molecule has 0 unspecified atom stereocenters. The number of halogens is 1. The van der Waals surface area contributed by atoms with Crippen molar-refractivity contribution >= 4 is 27.4 Å². The van der Waals surface area contributed by atoms with Gasteiger partial charge in [-0.2, -0.15) is 5.10 Å². The van der Waals surface area contributed by atoms with Crippen LogP contribution in [0.5, 0.6) is 0 Å². The molecule has 0 bridgehead atoms. The molecule has 0 aliphatic heterocycles. The molecule has 1 aromatic heterocycles. The summed E-state index contributed by atoms with van der Waals surface area (Å²) in [5.41, 5.74) is 6.10. The average Bonchev–Trinajstić information content (AvgIpc) is 2.61. The molecule has 0 atom stereocenters. The zero-order valence-electron chi connectivity index (χ0n) is 8.00. The molecule has 2 N–H and O–H groups in total. The highest BCUT2D eigenvalue weighted by atomic mass is 79.9. The first kappa shape index (κ1) is 10.6. The third-order valence-corrected chi connectivity index (χ3v) is 2.58. The van der Waals surface area contributed by atoms with Crippen LogP contribution in [0, 0.1) is 10.1 Å². The summed E-state index contributed by atoms with van der Waals surface area (Å²) in [5.74, 6) is 0.0207. The SMILES string of the molecule is Nc1c([N+](=O)[O-])cnn1-c1ccc(Br)cc1. The van der Waals surface area contributed by atoms with E-state index in [0.717, 1.165) is 10.7 Å². The molecule has 0 aliphatic rings. The lowest BCUT2D eigenvalue weighted by Gasteiger charge is -2.02. The number of nitrogens with zero attached hydrogens (tertiary/aromatic N) is 3. The Labute approximate surface area is 99.0 Å². The Balaban J connectivity index is 2.49. The van der Waals surface area contributed by atoms with Crippen LogP contribution < -0.4 is 5.73 Å². The van der Waals surface area contributed by atoms with Crippen LogP contribution in [0.15, 0.2) is 34.9 Å². The minimum atomic E-state index is -0.558. The quantitative estimate of drug-likeness (QED) is 0.675. The van der Waals surface area contributed by atoms with Crippen molar-refractivity contribution in [1.82, 2.24) is 9.78 Å². The Kier molecular flexibility index (Phi) is 2.61. The van der Waals surface area contributed by atoms with Gasteiger partial charge >= 0.3 is 5.69 Å². The standard InChI is InChI=1S/C9H7BrN4O2/c10-6-1-3-7(4-2-6)13-9(11)8(5-12-13)14(15)16/h1-5H,11H2. The van der Waals surface area contributed by atoms with Crippen LogP contribution in [0.2, 0.25) is 0 Å². The van der Waals surface area contributed by atoms with E-state index in [4.69, 9.17) is 5.73 Å². The van der Waals surface area contributed by atoms with Crippen LogP contribution in [0.4, 0.5) is 11.5 Å². The lowest BCUT2D eigenvalue weighted by Crippen LogP contribution is -2.02. The van der Waals surface area contributed by atoms with E-state index in [1.807, 2.05) is 12.1 Å². The van der Waals surface area contributed by atoms with Crippen LogP contribution >= 0.6 is 15.9 Å². The smallest absolute Gasteiger partial charge is 0.331 e. The number of nitrogens with two attached hydrogens (primary N) is 1. The Bertz CT molecular complexity index is 535. The van der Waals surface area contributed by atoms with Crippen molar-refractivity contribution in [2.75, 3.05) is 5.73 Å². The van der Waals surface area contributed by atoms with Gasteiger partial charge in [0.15, 0.2) is 0 Å². The van der Waals surface area contributed by atoms with E-state index in [9.17, 15) is 10.1 Å². The second kappa shape index (κ2) is 3.93. The highest BCUT2D eigenvalue weighted by Crippen LogP contribution is 2.24. The molecule has 1 aromatic carbocycles. The summed E-state index contributed by atoms with van der Waals surface area (Å²) < 4.78 is 2.24. The molecule has 82 valence electrons. The molecule has 2 aromatic rings. The van der Waals surface area contributed by atoms with Crippen molar-refractivity contribution in [3.8, 4) is 5.69 Å². The average molecular weight is 283 g/mol. The van der Waals surface area contributed by atoms with Crippen LogP contribution in [0.1, 0.15) is 0 Å². The number of rotatable bonds is 2. The first-order valence-electron chi connectivity index (χ1n) is 4.33. The molecule has 7 heteroatoms. The normalized spacial score (nSPS) is 10.3. The number of nitrogen functional groups attached to an aromatic ring is 1. The van der Waals surface area contributed by atoms with Crippen molar-refractivity contribution in [1.29, 1.82) is 0 Å². The van der Waals surface area contributed by atoms with Gasteiger partial charge in [-0.3, -0.25) is 10.1 Å². The summed E-state index contributed by atoms with van der Waals surface area (Å²) in [4.78, 5) is 10.0. The molecule has 2 rings (SSSR count). The van der Waals surface area contributed by atoms with Crippen molar-refractivity contribution in [2.45, 2.75) is 0 Å². The highest BCUT2D eigenvalue weighted by Gasteiger charge is 2.18. The summed E-state index contributed by atoms with van der Waals surface area (Å²) in [5, 5.41) is 14.5. The fourth-order valence-electron chi connectivity index (χ4n) is 1.28. The van der Waals surface area contributed by atoms with Crippen LogP contribution in [0.3, 0.4) is 0 Å². The van der Waals surface area contributed by atoms with Crippen molar-refractivity contribution in [3.05, 3.63) is 45.0 Å². The summed E-state index contributed by atoms with van der Waals surface area (Å²) in [6.45, 7) is 0. The van der Waals surface area contributed by atoms with Gasteiger partial charge in [0.25, 0.3) is 0 Å². The number of hydrogen-bond acceptors (Lipinski definition) is 4. The number of benzene rings is 1. The molecule has 0 spiro atoms. The van der Waals surface area contributed by atoms with Gasteiger partial charge in [-0.15, -0.1) is 0 Å². The van der Waals surface area contributed by atoms with Crippen LogP contribution in [-0.4, -0.2) is 14.7 Å². The maximum Gasteiger partial charge on any atom is 0.331 e. The van der Waals surface area contributed by atoms with E-state index in [-0.39, 0.29) is 11.5 Å². The van der Waals surface area contributed by atoms with Gasteiger partial charge in [-0.05, 0) is 24.3 Å². The van der Waals surface area contributed by atoms with Crippen molar-refractivity contribution < 1.29 is 4.92 Å². The van der Waals surface area contributed by atoms with Gasteiger partial charge in [-0.1, -0.05) is 15.9 Å². The second-order valence-electron chi connectivity index (χ2n) is 3.06. The zero-order valence-corrected chi connectivity index (χ0v) is 9.59. The van der Waals surface area contributed by atoms with E-state index in [0.29, 0.717) is 5.69 Å². The molecule has 1 heterocycles. The van der Waals surface area contributed by atoms with Gasteiger partial charge in [-0.25, -0.2) is 4.68 Å². The summed E-state index contributed by atoms with van der Waals surface area (Å²) >= 11 is 3.30. The van der Waals surface area contributed by atoms with Gasteiger partial charge < -0.3 is 5.73 Å². The number of anilines is 1. The monoisotopic (exact) mass is 282 g/mol. The van der Waals surface area contributed by atoms with E-state index in [2.05, 4.69) is 21.0 Å². The minimum absolute atomic E-state index is 0.0207. The third kappa shape index (κ3) is 1.76. The second-order valence-corrected chi connectivity index (χ2v) is 3.98. The highest BCUT2D eigenvalue weighted by molar-refractivity contribution is 9.10. The van der Waals surface area contributed by atoms with Gasteiger partial charge in [0, 0.05) is 4.47 Å². The van der Waals surface area contributed by atoms with Gasteiger partial charge in [0.2, 0.25) is 5.82 Å². The van der Waals surface area contributed by atoms with E-state index < -0.39 is 4.92 Å². The first-order chi connectivity index (χ1) is 7.59. The maximum absolute atomic E-state index is 10.6. The predicted octanol–water partition coefficient (Wildman–Crippen LogP) is 2.13. The number of hydrogen-bond donors (Lipinski definition) is 1. The Morgan fingerprint density at radius 1 is 1.38 bits per heavy atom. The van der Waals surface area contributed by atoms with E-state index >= 15 is 0 Å². The summed E-state index contributed by atoms with van der Waals surface area (Å²) in [6.07, 6.45) is 1.14. The van der Waals surface area contributed by atoms with Crippen molar-refractivity contribution in [2.24, 2.45) is 0 Å². The lowest BCUT2D eigenvalue weighted by atomic mass is 10.3. The topological polar surface area (TPSA) is 87.0 Å². The van der Waals surface area contributed by atoms with Crippen molar-refractivity contribution in [3.63, 3.8) is 0 Å². The molecule has 0 amide bonds. The zero-order chi connectivity index (χ0) is 11.7. The number of aromatic nitrogens is 2. The lowest BCUT2D eigenvalue weighted by molar-refractivity contribution is -0.383. The molecule has 16 heavy (non-hydrogen) atoms. The Morgan fingerprint density at radius 2 is 2.00 bits per heavy atom. The predicted molar refractivity (Wildman–Crippen MR) is 62.3 cm³/mol. The first-order valence-corrected chi connectivity index (χ1v) is 5.12. The third-order valence-electron chi connectivity index (χ3n) is 2.05. The molecule has 0 radical (unpaired) electrons. The molecule has 6 nitrogen and oxygen atoms in total. The largest absolute Gasteiger partial charge is 0.378 e. The fraction of sp³-hybridized carbons (Fsp3) is 0. The van der Waals surface area contributed by atoms with Gasteiger partial charge in [0.05, 0.1) is 10.6 Å².